The van der Waals surface area contributed by atoms with Crippen molar-refractivity contribution in [1.82, 2.24) is 30.0 Å². The molecule has 4 aromatic rings. The molecule has 4 heterocycles. The van der Waals surface area contributed by atoms with Crippen LogP contribution >= 0.6 is 11.8 Å². The monoisotopic (exact) mass is 502 g/mol. The van der Waals surface area contributed by atoms with Gasteiger partial charge in [-0.25, -0.2) is 9.78 Å². The van der Waals surface area contributed by atoms with Crippen LogP contribution in [0.4, 0.5) is 4.79 Å². The molecule has 1 atom stereocenters. The van der Waals surface area contributed by atoms with Crippen molar-refractivity contribution in [3.63, 3.8) is 0 Å². The molecule has 36 heavy (non-hydrogen) atoms. The van der Waals surface area contributed by atoms with Gasteiger partial charge >= 0.3 is 6.09 Å². The number of carbonyl (C=O) groups is 2. The summed E-state index contributed by atoms with van der Waals surface area (Å²) < 4.78 is 5.40. The van der Waals surface area contributed by atoms with Crippen LogP contribution in [0.25, 0.3) is 22.1 Å². The minimum Gasteiger partial charge on any atom is -0.447 e. The lowest BCUT2D eigenvalue weighted by atomic mass is 9.99. The third-order valence-electron chi connectivity index (χ3n) is 6.96. The number of amides is 2. The maximum Gasteiger partial charge on any atom is 0.410 e. The van der Waals surface area contributed by atoms with Crippen molar-refractivity contribution in [2.75, 3.05) is 25.4 Å². The molecule has 0 radical (unpaired) electrons. The standard InChI is InChI=1S/C26H26N6O3S/c33-22(16-36-25-28-24-23(29-30-25)20-8-4-5-9-21(20)27-24)31-12-10-18(11-13-31)32-19(15-35-26(32)34)14-17-6-2-1-3-7-17/h1-9,18-19H,10-16H2,(H,27,28,30). The molecule has 10 heteroatoms. The molecule has 0 aliphatic carbocycles. The molecular formula is C26H26N6O3S. The number of aromatic nitrogens is 4. The largest absolute Gasteiger partial charge is 0.447 e. The van der Waals surface area contributed by atoms with Gasteiger partial charge in [-0.3, -0.25) is 9.69 Å². The summed E-state index contributed by atoms with van der Waals surface area (Å²) in [5, 5.41) is 9.99. The van der Waals surface area contributed by atoms with Crippen LogP contribution in [-0.2, 0) is 16.0 Å². The highest BCUT2D eigenvalue weighted by Gasteiger charge is 2.39. The number of rotatable bonds is 6. The number of nitrogens with one attached hydrogen (secondary N) is 1. The Labute approximate surface area is 212 Å². The first kappa shape index (κ1) is 22.8. The Kier molecular flexibility index (Phi) is 6.18. The van der Waals surface area contributed by atoms with Crippen LogP contribution in [0.1, 0.15) is 18.4 Å². The molecule has 1 unspecified atom stereocenters. The van der Waals surface area contributed by atoms with Gasteiger partial charge in [-0.15, -0.1) is 10.2 Å². The summed E-state index contributed by atoms with van der Waals surface area (Å²) in [4.78, 5) is 37.0. The molecule has 6 rings (SSSR count). The minimum atomic E-state index is -0.242. The van der Waals surface area contributed by atoms with Crippen LogP contribution in [0.5, 0.6) is 0 Å². The number of benzene rings is 2. The van der Waals surface area contributed by atoms with Crippen LogP contribution in [-0.4, -0.2) is 79.5 Å². The molecule has 2 saturated heterocycles. The molecular weight excluding hydrogens is 476 g/mol. The van der Waals surface area contributed by atoms with Crippen LogP contribution in [0.15, 0.2) is 59.8 Å². The van der Waals surface area contributed by atoms with E-state index in [2.05, 4.69) is 32.3 Å². The first-order valence-corrected chi connectivity index (χ1v) is 13.1. The highest BCUT2D eigenvalue weighted by atomic mass is 32.2. The molecule has 2 fully saturated rings. The van der Waals surface area contributed by atoms with Crippen LogP contribution < -0.4 is 0 Å². The summed E-state index contributed by atoms with van der Waals surface area (Å²) >= 11 is 1.29. The smallest absolute Gasteiger partial charge is 0.410 e. The van der Waals surface area contributed by atoms with Crippen molar-refractivity contribution in [2.45, 2.75) is 36.5 Å². The van der Waals surface area contributed by atoms with Crippen molar-refractivity contribution < 1.29 is 14.3 Å². The van der Waals surface area contributed by atoms with Crippen molar-refractivity contribution in [1.29, 1.82) is 0 Å². The van der Waals surface area contributed by atoms with E-state index in [1.165, 1.54) is 17.3 Å². The van der Waals surface area contributed by atoms with Gasteiger partial charge in [0.1, 0.15) is 12.1 Å². The maximum atomic E-state index is 12.9. The number of fused-ring (bicyclic) bond motifs is 3. The van der Waals surface area contributed by atoms with Gasteiger partial charge in [-0.05, 0) is 30.9 Å². The third kappa shape index (κ3) is 4.48. The van der Waals surface area contributed by atoms with E-state index in [4.69, 9.17) is 4.74 Å². The van der Waals surface area contributed by atoms with E-state index in [1.807, 2.05) is 52.3 Å². The summed E-state index contributed by atoms with van der Waals surface area (Å²) in [6.45, 7) is 1.65. The van der Waals surface area contributed by atoms with E-state index in [0.717, 1.165) is 35.7 Å². The zero-order valence-electron chi connectivity index (χ0n) is 19.7. The second-order valence-electron chi connectivity index (χ2n) is 9.19. The van der Waals surface area contributed by atoms with Crippen LogP contribution in [0.3, 0.4) is 0 Å². The number of nitrogens with zero attached hydrogens (tertiary/aromatic N) is 5. The normalized spacial score (nSPS) is 18.8. The summed E-state index contributed by atoms with van der Waals surface area (Å²) in [6, 6.07) is 18.2. The van der Waals surface area contributed by atoms with Gasteiger partial charge in [0.05, 0.1) is 11.8 Å². The van der Waals surface area contributed by atoms with E-state index < -0.39 is 0 Å². The van der Waals surface area contributed by atoms with Crippen molar-refractivity contribution in [3.05, 3.63) is 60.2 Å². The fraction of sp³-hybridized carbons (Fsp3) is 0.346. The predicted molar refractivity (Wildman–Crippen MR) is 137 cm³/mol. The SMILES string of the molecule is O=C(CSc1nnc2c(n1)[nH]c1ccccc12)N1CCC(N2C(=O)OCC2Cc2ccccc2)CC1. The zero-order chi connectivity index (χ0) is 24.5. The molecule has 0 spiro atoms. The van der Waals surface area contributed by atoms with E-state index in [1.54, 1.807) is 0 Å². The Morgan fingerprint density at radius 3 is 2.67 bits per heavy atom. The number of carbonyl (C=O) groups excluding carboxylic acids is 2. The summed E-state index contributed by atoms with van der Waals surface area (Å²) in [7, 11) is 0. The molecule has 9 nitrogen and oxygen atoms in total. The number of piperidine rings is 1. The summed E-state index contributed by atoms with van der Waals surface area (Å²) in [5.41, 5.74) is 3.56. The first-order chi connectivity index (χ1) is 17.7. The minimum absolute atomic E-state index is 0.0342. The number of aromatic amines is 1. The highest BCUT2D eigenvalue weighted by Crippen LogP contribution is 2.27. The van der Waals surface area contributed by atoms with Crippen molar-refractivity contribution >= 4 is 45.8 Å². The second-order valence-corrected chi connectivity index (χ2v) is 10.1. The van der Waals surface area contributed by atoms with Crippen molar-refractivity contribution in [2.24, 2.45) is 0 Å². The fourth-order valence-electron chi connectivity index (χ4n) is 5.14. The van der Waals surface area contributed by atoms with Gasteiger partial charge in [0.15, 0.2) is 5.65 Å². The number of para-hydroxylation sites is 1. The Hall–Kier alpha value is -3.66. The molecule has 2 aromatic carbocycles. The number of thioether (sulfide) groups is 1. The summed E-state index contributed by atoms with van der Waals surface area (Å²) in [6.07, 6.45) is 2.02. The fourth-order valence-corrected chi connectivity index (χ4v) is 5.83. The van der Waals surface area contributed by atoms with Gasteiger partial charge < -0.3 is 14.6 Å². The Morgan fingerprint density at radius 1 is 1.06 bits per heavy atom. The van der Waals surface area contributed by atoms with Gasteiger partial charge in [0, 0.05) is 30.0 Å². The van der Waals surface area contributed by atoms with E-state index in [-0.39, 0.29) is 29.8 Å². The highest BCUT2D eigenvalue weighted by molar-refractivity contribution is 7.99. The molecule has 2 aromatic heterocycles. The average molecular weight is 503 g/mol. The van der Waals surface area contributed by atoms with Gasteiger partial charge in [-0.2, -0.15) is 0 Å². The van der Waals surface area contributed by atoms with Gasteiger partial charge in [0.25, 0.3) is 0 Å². The van der Waals surface area contributed by atoms with Crippen molar-refractivity contribution in [3.8, 4) is 0 Å². The Balaban J connectivity index is 1.04. The number of hydrogen-bond donors (Lipinski definition) is 1. The first-order valence-electron chi connectivity index (χ1n) is 12.2. The van der Waals surface area contributed by atoms with Gasteiger partial charge in [0.2, 0.25) is 11.1 Å². The average Bonchev–Trinajstić information content (AvgIpc) is 3.47. The Morgan fingerprint density at radius 2 is 1.83 bits per heavy atom. The number of ether oxygens (including phenoxy) is 1. The predicted octanol–water partition coefficient (Wildman–Crippen LogP) is 3.65. The van der Waals surface area contributed by atoms with E-state index >= 15 is 0 Å². The van der Waals surface area contributed by atoms with Crippen LogP contribution in [0, 0.1) is 0 Å². The number of hydrogen-bond acceptors (Lipinski definition) is 7. The number of likely N-dealkylation sites (tertiary alicyclic amines) is 1. The summed E-state index contributed by atoms with van der Waals surface area (Å²) in [5.74, 6) is 0.295. The number of H-pyrrole nitrogens is 1. The molecule has 2 amide bonds. The zero-order valence-corrected chi connectivity index (χ0v) is 20.5. The third-order valence-corrected chi connectivity index (χ3v) is 7.78. The van der Waals surface area contributed by atoms with E-state index in [9.17, 15) is 9.59 Å². The molecule has 0 saturated carbocycles. The lowest BCUT2D eigenvalue weighted by Crippen LogP contribution is -2.50. The van der Waals surface area contributed by atoms with Crippen LogP contribution in [0.2, 0.25) is 0 Å². The maximum absolute atomic E-state index is 12.9. The van der Waals surface area contributed by atoms with Gasteiger partial charge in [-0.1, -0.05) is 60.3 Å². The molecule has 1 N–H and O–H groups in total. The molecule has 2 aliphatic heterocycles. The number of cyclic esters (lactones) is 1. The quantitative estimate of drug-likeness (QED) is 0.401. The molecule has 184 valence electrons. The topological polar surface area (TPSA) is 104 Å². The lowest BCUT2D eigenvalue weighted by Gasteiger charge is -2.37. The molecule has 0 bridgehead atoms. The Bertz CT molecular complexity index is 1400. The lowest BCUT2D eigenvalue weighted by molar-refractivity contribution is -0.129. The van der Waals surface area contributed by atoms with E-state index in [0.29, 0.717) is 30.5 Å². The second kappa shape index (κ2) is 9.77. The molecule has 2 aliphatic rings.